The zero-order valence-corrected chi connectivity index (χ0v) is 46.5. The molecule has 4 aromatic carbocycles. The minimum Gasteiger partial charge on any atom is -1.00 e. The van der Waals surface area contributed by atoms with Gasteiger partial charge in [0, 0.05) is 85.1 Å². The Bertz CT molecular complexity index is 1810. The Balaban J connectivity index is 0.000000986. The van der Waals surface area contributed by atoms with E-state index in [2.05, 4.69) is 65.1 Å². The molecule has 0 aliphatic carbocycles. The number of rotatable bonds is 14. The fourth-order valence-electron chi connectivity index (χ4n) is 6.34. The number of aliphatic hydroxyl groups excluding tert-OH is 2. The molecule has 0 aromatic heterocycles. The third-order valence-electron chi connectivity index (χ3n) is 8.91. The van der Waals surface area contributed by atoms with Crippen molar-refractivity contribution in [2.24, 2.45) is 0 Å². The molecule has 6 rings (SSSR count). The first-order chi connectivity index (χ1) is 28.6. The van der Waals surface area contributed by atoms with E-state index >= 15 is 0 Å². The summed E-state index contributed by atoms with van der Waals surface area (Å²) >= 11 is 39.4. The third-order valence-corrected chi connectivity index (χ3v) is 11.2. The Morgan fingerprint density at radius 1 is 0.738 bits per heavy atom. The van der Waals surface area contributed by atoms with Crippen LogP contribution in [0.4, 0.5) is 11.4 Å². The number of hydrogen-bond donors (Lipinski definition) is 3. The molecule has 2 aliphatic rings. The van der Waals surface area contributed by atoms with Crippen molar-refractivity contribution in [1.82, 2.24) is 10.2 Å². The average molecular weight is 1080 g/mol. The van der Waals surface area contributed by atoms with Gasteiger partial charge in [-0.05, 0) is 59.7 Å². The van der Waals surface area contributed by atoms with Crippen LogP contribution in [0, 0.1) is 0 Å². The van der Waals surface area contributed by atoms with Gasteiger partial charge in [-0.15, -0.1) is 23.2 Å². The summed E-state index contributed by atoms with van der Waals surface area (Å²) in [5.74, 6) is 2.64. The molecular formula is C41H49BrCl6K2N4O7. The van der Waals surface area contributed by atoms with E-state index in [9.17, 15) is 0 Å². The van der Waals surface area contributed by atoms with E-state index in [0.29, 0.717) is 33.3 Å². The molecule has 20 heteroatoms. The Morgan fingerprint density at radius 3 is 1.61 bits per heavy atom. The van der Waals surface area contributed by atoms with Crippen LogP contribution in [0.15, 0.2) is 84.9 Å². The second-order valence-corrected chi connectivity index (χ2v) is 15.9. The topological polar surface area (TPSA) is 130 Å². The number of aliphatic hydroxyl groups is 2. The Hall–Kier alpha value is 0.843. The van der Waals surface area contributed by atoms with Crippen molar-refractivity contribution in [3.8, 4) is 11.5 Å². The maximum Gasteiger partial charge on any atom is 1.00 e. The van der Waals surface area contributed by atoms with Gasteiger partial charge in [0.25, 0.3) is 6.47 Å². The monoisotopic (exact) mass is 1080 g/mol. The van der Waals surface area contributed by atoms with Gasteiger partial charge in [-0.1, -0.05) is 86.6 Å². The van der Waals surface area contributed by atoms with Crippen molar-refractivity contribution in [2.75, 3.05) is 99.1 Å². The maximum atomic E-state index is 8.91. The van der Waals surface area contributed by atoms with Crippen molar-refractivity contribution >= 4 is 103 Å². The molecule has 2 atom stereocenters. The number of benzene rings is 4. The number of halogens is 7. The first-order valence-electron chi connectivity index (χ1n) is 18.6. The molecule has 0 saturated carbocycles. The Kier molecular flexibility index (Phi) is 34.4. The van der Waals surface area contributed by atoms with Gasteiger partial charge >= 0.3 is 103 Å². The molecule has 4 aromatic rings. The quantitative estimate of drug-likeness (QED) is 0.0566. The maximum absolute atomic E-state index is 8.91. The molecule has 0 unspecified atom stereocenters. The molecule has 0 bridgehead atoms. The number of carbonyl (C=O) groups excluding carboxylic acids is 1. The minimum absolute atomic E-state index is 0. The Morgan fingerprint density at radius 2 is 1.20 bits per heavy atom. The Labute approximate surface area is 483 Å². The second kappa shape index (κ2) is 35.1. The summed E-state index contributed by atoms with van der Waals surface area (Å²) in [6, 6.07) is 27.6. The fraction of sp³-hybridized carbons (Fsp3) is 0.390. The number of alkyl halides is 3. The van der Waals surface area contributed by atoms with Crippen LogP contribution >= 0.6 is 85.5 Å². The predicted octanol–water partition coefficient (Wildman–Crippen LogP) is 2.16. The number of nitrogens with zero attached hydrogens (tertiary/aromatic N) is 3. The number of nitrogens with one attached hydrogen (secondary N) is 1. The van der Waals surface area contributed by atoms with E-state index < -0.39 is 0 Å². The molecule has 0 amide bonds. The molecule has 0 radical (unpaired) electrons. The van der Waals surface area contributed by atoms with Crippen molar-refractivity contribution in [1.29, 1.82) is 0 Å². The third kappa shape index (κ3) is 21.1. The van der Waals surface area contributed by atoms with Crippen molar-refractivity contribution < 1.29 is 139 Å². The van der Waals surface area contributed by atoms with Crippen LogP contribution in [0.5, 0.6) is 11.5 Å². The summed E-state index contributed by atoms with van der Waals surface area (Å²) < 4.78 is 10.9. The number of anilines is 2. The average Bonchev–Trinajstić information content (AvgIpc) is 3.26. The van der Waals surface area contributed by atoms with Crippen LogP contribution in [0.2, 0.25) is 20.1 Å². The number of ether oxygens (including phenoxy) is 2. The number of hydrogen-bond acceptors (Lipinski definition) is 11. The summed E-state index contributed by atoms with van der Waals surface area (Å²) in [5, 5.41) is 33.3. The normalized spacial score (nSPS) is 15.8. The van der Waals surface area contributed by atoms with Gasteiger partial charge in [0.2, 0.25) is 0 Å². The van der Waals surface area contributed by atoms with Gasteiger partial charge < -0.3 is 46.4 Å². The molecule has 11 nitrogen and oxygen atoms in total. The molecule has 2 saturated heterocycles. The molecule has 2 heterocycles. The van der Waals surface area contributed by atoms with E-state index in [4.69, 9.17) is 99.3 Å². The van der Waals surface area contributed by atoms with Gasteiger partial charge in [-0.3, -0.25) is 9.69 Å². The van der Waals surface area contributed by atoms with Gasteiger partial charge in [0.05, 0.1) is 46.7 Å². The van der Waals surface area contributed by atoms with Crippen LogP contribution in [-0.4, -0.2) is 111 Å². The summed E-state index contributed by atoms with van der Waals surface area (Å²) in [4.78, 5) is 18.2. The molecule has 2 aliphatic heterocycles. The van der Waals surface area contributed by atoms with Crippen LogP contribution < -0.4 is 133 Å². The van der Waals surface area contributed by atoms with Gasteiger partial charge in [-0.25, -0.2) is 0 Å². The molecule has 61 heavy (non-hydrogen) atoms. The number of piperazine rings is 2. The smallest absolute Gasteiger partial charge is 1.00 e. The van der Waals surface area contributed by atoms with E-state index in [0.717, 1.165) is 72.6 Å². The van der Waals surface area contributed by atoms with Crippen LogP contribution in [0.3, 0.4) is 0 Å². The fourth-order valence-corrected chi connectivity index (χ4v) is 7.39. The predicted molar refractivity (Wildman–Crippen MR) is 244 cm³/mol. The van der Waals surface area contributed by atoms with Gasteiger partial charge in [0.15, 0.2) is 0 Å². The zero-order valence-electron chi connectivity index (χ0n) is 35.1. The molecule has 326 valence electrons. The van der Waals surface area contributed by atoms with Crippen molar-refractivity contribution in [3.05, 3.63) is 116 Å². The second-order valence-electron chi connectivity index (χ2n) is 12.7. The molecule has 3 N–H and O–H groups in total. The van der Waals surface area contributed by atoms with E-state index in [1.165, 1.54) is 11.1 Å². The standard InChI is InChI=1S/C20H23Cl3N2O2.C18H20Cl2N2O2.C2H4BrCl.CH2O3.2K.H/c21-7-8-24-9-10-25(20(14-24)15-1-3-16(22)4-2-15)19-6-5-17(13-18(19)23)27-12-11-26;19-14-3-1-13(2-4-14)18-12-21-7-8-22(18)17-6-5-15(11-16(17)20)24-10-9-23;3-1-2-4;2-1-4-3;;;/h1-6,13,20,26H,7-12,14H2;1-6,11,18,21,23H,7-10,12H2;1-2H2;1,3H;;;/q;;;;2*+1;-1/p-1/t20-;18-;;;;;/m00...../s1. The van der Waals surface area contributed by atoms with Gasteiger partial charge in [0.1, 0.15) is 24.7 Å². The summed E-state index contributed by atoms with van der Waals surface area (Å²) in [6.45, 7) is 6.41. The molecule has 2 fully saturated rings. The summed E-state index contributed by atoms with van der Waals surface area (Å²) in [5.41, 5.74) is 4.34. The van der Waals surface area contributed by atoms with Crippen LogP contribution in [0.25, 0.3) is 0 Å². The number of carbonyl (C=O) groups is 1. The first-order valence-corrected chi connectivity index (χ1v) is 22.3. The summed E-state index contributed by atoms with van der Waals surface area (Å²) in [6.07, 6.45) is 0. The molecular weight excluding hydrogens is 1030 g/mol. The minimum atomic E-state index is -0.181. The van der Waals surface area contributed by atoms with Crippen molar-refractivity contribution in [3.63, 3.8) is 0 Å². The SMILES string of the molecule is ClCCBr.O=CO[O-].OCCOc1ccc(N2CCN(CCCl)C[C@H]2c2ccc(Cl)cc2)c(Cl)c1.OCCOc1ccc(N2CCNC[C@H]2c2ccc(Cl)cc2)c(Cl)c1.[H-].[K+].[K+]. The van der Waals surface area contributed by atoms with Crippen molar-refractivity contribution in [2.45, 2.75) is 12.1 Å². The van der Waals surface area contributed by atoms with E-state index in [1.54, 1.807) is 12.1 Å². The van der Waals surface area contributed by atoms with Crippen LogP contribution in [-0.2, 0) is 9.68 Å². The summed E-state index contributed by atoms with van der Waals surface area (Å²) in [7, 11) is 0. The van der Waals surface area contributed by atoms with E-state index in [-0.39, 0.29) is 149 Å². The zero-order chi connectivity index (χ0) is 43.0. The first kappa shape index (κ1) is 59.9. The van der Waals surface area contributed by atoms with Crippen LogP contribution in [0.1, 0.15) is 24.6 Å². The van der Waals surface area contributed by atoms with E-state index in [1.807, 2.05) is 48.5 Å². The molecule has 0 spiro atoms. The largest absolute Gasteiger partial charge is 1.00 e. The van der Waals surface area contributed by atoms with Gasteiger partial charge in [-0.2, -0.15) is 0 Å².